The molecule has 0 aromatic carbocycles. The number of hydrogen-bond donors (Lipinski definition) is 1. The Morgan fingerprint density at radius 3 is 2.87 bits per heavy atom. The van der Waals surface area contributed by atoms with Crippen LogP contribution in [0.25, 0.3) is 0 Å². The first-order valence-corrected chi connectivity index (χ1v) is 5.28. The number of amidine groups is 1. The molecule has 1 aliphatic carbocycles. The fraction of sp³-hybridized carbons (Fsp3) is 0.636. The van der Waals surface area contributed by atoms with Gasteiger partial charge in [-0.3, -0.25) is 4.79 Å². The summed E-state index contributed by atoms with van der Waals surface area (Å²) >= 11 is 0. The second kappa shape index (κ2) is 3.68. The molecule has 15 heavy (non-hydrogen) atoms. The average molecular weight is 208 g/mol. The number of ether oxygens (including phenoxy) is 1. The smallest absolute Gasteiger partial charge is 0.291 e. The largest absolute Gasteiger partial charge is 0.451 e. The molecule has 82 valence electrons. The predicted molar refractivity (Wildman–Crippen MR) is 57.1 cm³/mol. The Morgan fingerprint density at radius 2 is 2.33 bits per heavy atom. The van der Waals surface area contributed by atoms with Gasteiger partial charge >= 0.3 is 0 Å². The first-order valence-electron chi connectivity index (χ1n) is 5.28. The molecule has 4 heteroatoms. The third-order valence-electron chi connectivity index (χ3n) is 2.97. The van der Waals surface area contributed by atoms with Crippen molar-refractivity contribution in [3.05, 3.63) is 11.6 Å². The van der Waals surface area contributed by atoms with Crippen molar-refractivity contribution in [1.29, 1.82) is 0 Å². The molecule has 1 amide bonds. The van der Waals surface area contributed by atoms with Gasteiger partial charge in [0.2, 0.25) is 0 Å². The van der Waals surface area contributed by atoms with Gasteiger partial charge in [0.25, 0.3) is 11.9 Å². The fourth-order valence-electron chi connectivity index (χ4n) is 2.50. The summed E-state index contributed by atoms with van der Waals surface area (Å²) in [6.07, 6.45) is 3.68. The van der Waals surface area contributed by atoms with Crippen LogP contribution in [-0.2, 0) is 9.53 Å². The summed E-state index contributed by atoms with van der Waals surface area (Å²) in [5.74, 6) is 0.503. The van der Waals surface area contributed by atoms with Crippen LogP contribution >= 0.6 is 0 Å². The van der Waals surface area contributed by atoms with Gasteiger partial charge in [0.1, 0.15) is 0 Å². The van der Waals surface area contributed by atoms with Gasteiger partial charge in [-0.2, -0.15) is 4.99 Å². The highest BCUT2D eigenvalue weighted by molar-refractivity contribution is 5.98. The van der Waals surface area contributed by atoms with E-state index in [-0.39, 0.29) is 17.8 Å². The van der Waals surface area contributed by atoms with E-state index in [0.29, 0.717) is 5.92 Å². The maximum atomic E-state index is 11.5. The van der Waals surface area contributed by atoms with E-state index < -0.39 is 6.10 Å². The molecule has 2 aliphatic rings. The Kier molecular flexibility index (Phi) is 2.50. The topological polar surface area (TPSA) is 64.7 Å². The molecule has 0 saturated carbocycles. The molecule has 3 unspecified atom stereocenters. The molecule has 0 aromatic heterocycles. The molecule has 4 nitrogen and oxygen atoms in total. The fourth-order valence-corrected chi connectivity index (χ4v) is 2.50. The molecule has 0 fully saturated rings. The molecular weight excluding hydrogens is 192 g/mol. The quantitative estimate of drug-likeness (QED) is 0.659. The first kappa shape index (κ1) is 10.2. The molecule has 1 aliphatic heterocycles. The Labute approximate surface area is 89.2 Å². The van der Waals surface area contributed by atoms with E-state index in [4.69, 9.17) is 10.5 Å². The van der Waals surface area contributed by atoms with Gasteiger partial charge in [0.05, 0.1) is 0 Å². The van der Waals surface area contributed by atoms with Crippen molar-refractivity contribution < 1.29 is 9.53 Å². The standard InChI is InChI=1S/C11H16N2O2/c1-6-3-7(2)5-8(4-6)9-10(14)13-11(12)15-9/h3,6,8-9H,4-5H2,1-2H3,(H2,12,13,14). The number of nitrogens with two attached hydrogens (primary N) is 1. The predicted octanol–water partition coefficient (Wildman–Crippen LogP) is 1.22. The summed E-state index contributed by atoms with van der Waals surface area (Å²) in [6, 6.07) is 0.0184. The molecule has 0 saturated heterocycles. The van der Waals surface area contributed by atoms with E-state index in [9.17, 15) is 4.79 Å². The molecule has 0 spiro atoms. The molecule has 0 radical (unpaired) electrons. The minimum absolute atomic E-state index is 0.0184. The van der Waals surface area contributed by atoms with Gasteiger partial charge in [0, 0.05) is 5.92 Å². The number of carbonyl (C=O) groups is 1. The number of amides is 1. The number of rotatable bonds is 1. The van der Waals surface area contributed by atoms with E-state index in [1.165, 1.54) is 5.57 Å². The van der Waals surface area contributed by atoms with Crippen molar-refractivity contribution in [1.82, 2.24) is 0 Å². The highest BCUT2D eigenvalue weighted by Gasteiger charge is 2.37. The Bertz CT molecular complexity index is 346. The molecule has 2 N–H and O–H groups in total. The van der Waals surface area contributed by atoms with Crippen molar-refractivity contribution in [3.63, 3.8) is 0 Å². The summed E-state index contributed by atoms with van der Waals surface area (Å²) in [4.78, 5) is 15.1. The molecule has 0 aromatic rings. The van der Waals surface area contributed by atoms with Crippen LogP contribution in [0.15, 0.2) is 16.6 Å². The molecule has 2 rings (SSSR count). The van der Waals surface area contributed by atoms with Crippen molar-refractivity contribution in [2.75, 3.05) is 0 Å². The van der Waals surface area contributed by atoms with Crippen molar-refractivity contribution >= 4 is 11.9 Å². The monoisotopic (exact) mass is 208 g/mol. The maximum Gasteiger partial charge on any atom is 0.291 e. The van der Waals surface area contributed by atoms with E-state index in [1.807, 2.05) is 0 Å². The lowest BCUT2D eigenvalue weighted by Crippen LogP contribution is -2.32. The van der Waals surface area contributed by atoms with Crippen molar-refractivity contribution in [2.45, 2.75) is 32.8 Å². The minimum atomic E-state index is -0.448. The highest BCUT2D eigenvalue weighted by atomic mass is 16.5. The van der Waals surface area contributed by atoms with E-state index in [1.54, 1.807) is 0 Å². The zero-order chi connectivity index (χ0) is 11.0. The molecule has 3 atom stereocenters. The number of nitrogens with zero attached hydrogens (tertiary/aromatic N) is 1. The minimum Gasteiger partial charge on any atom is -0.451 e. The number of carbonyl (C=O) groups excluding carboxylic acids is 1. The molecular formula is C11H16N2O2. The zero-order valence-electron chi connectivity index (χ0n) is 9.06. The lowest BCUT2D eigenvalue weighted by Gasteiger charge is -2.28. The second-order valence-corrected chi connectivity index (χ2v) is 4.52. The summed E-state index contributed by atoms with van der Waals surface area (Å²) < 4.78 is 5.26. The van der Waals surface area contributed by atoms with E-state index >= 15 is 0 Å². The maximum absolute atomic E-state index is 11.5. The van der Waals surface area contributed by atoms with Gasteiger partial charge in [-0.05, 0) is 25.7 Å². The lowest BCUT2D eigenvalue weighted by molar-refractivity contribution is -0.125. The lowest BCUT2D eigenvalue weighted by atomic mass is 9.80. The van der Waals surface area contributed by atoms with Gasteiger partial charge in [-0.1, -0.05) is 18.6 Å². The van der Waals surface area contributed by atoms with Crippen LogP contribution in [0.5, 0.6) is 0 Å². The molecule has 1 heterocycles. The van der Waals surface area contributed by atoms with Crippen LogP contribution in [0.4, 0.5) is 0 Å². The summed E-state index contributed by atoms with van der Waals surface area (Å²) in [5, 5.41) is 0. The van der Waals surface area contributed by atoms with Crippen LogP contribution in [-0.4, -0.2) is 18.0 Å². The summed E-state index contributed by atoms with van der Waals surface area (Å²) in [7, 11) is 0. The van der Waals surface area contributed by atoms with Crippen LogP contribution in [0.1, 0.15) is 26.7 Å². The number of hydrogen-bond acceptors (Lipinski definition) is 3. The average Bonchev–Trinajstić information content (AvgIpc) is 2.43. The second-order valence-electron chi connectivity index (χ2n) is 4.52. The van der Waals surface area contributed by atoms with Crippen molar-refractivity contribution in [3.8, 4) is 0 Å². The van der Waals surface area contributed by atoms with Gasteiger partial charge in [-0.15, -0.1) is 0 Å². The normalized spacial score (nSPS) is 35.9. The van der Waals surface area contributed by atoms with E-state index in [2.05, 4.69) is 24.9 Å². The van der Waals surface area contributed by atoms with Crippen LogP contribution in [0.3, 0.4) is 0 Å². The van der Waals surface area contributed by atoms with Gasteiger partial charge in [0.15, 0.2) is 6.10 Å². The Balaban J connectivity index is 2.08. The summed E-state index contributed by atoms with van der Waals surface area (Å²) in [5.41, 5.74) is 6.70. The number of aliphatic imine (C=N–C) groups is 1. The van der Waals surface area contributed by atoms with Gasteiger partial charge < -0.3 is 10.5 Å². The Hall–Kier alpha value is -1.32. The van der Waals surface area contributed by atoms with Gasteiger partial charge in [-0.25, -0.2) is 0 Å². The van der Waals surface area contributed by atoms with Crippen molar-refractivity contribution in [2.24, 2.45) is 22.6 Å². The van der Waals surface area contributed by atoms with E-state index in [0.717, 1.165) is 12.8 Å². The molecule has 0 bridgehead atoms. The first-order chi connectivity index (χ1) is 7.06. The third-order valence-corrected chi connectivity index (χ3v) is 2.97. The SMILES string of the molecule is CC1=CC(C)CC(C2OC(N)=NC2=O)C1. The van der Waals surface area contributed by atoms with Crippen LogP contribution in [0, 0.1) is 11.8 Å². The highest BCUT2D eigenvalue weighted by Crippen LogP contribution is 2.32. The number of allylic oxidation sites excluding steroid dienone is 2. The zero-order valence-corrected chi connectivity index (χ0v) is 9.06. The third kappa shape index (κ3) is 2.03. The summed E-state index contributed by atoms with van der Waals surface area (Å²) in [6.45, 7) is 4.24. The van der Waals surface area contributed by atoms with Crippen LogP contribution in [0.2, 0.25) is 0 Å². The Morgan fingerprint density at radius 1 is 1.60 bits per heavy atom. The van der Waals surface area contributed by atoms with Crippen LogP contribution < -0.4 is 5.73 Å².